The lowest BCUT2D eigenvalue weighted by molar-refractivity contribution is 0.477. The summed E-state index contributed by atoms with van der Waals surface area (Å²) in [6, 6.07) is 6.07. The first-order valence-corrected chi connectivity index (χ1v) is 5.33. The Morgan fingerprint density at radius 2 is 1.88 bits per heavy atom. The smallest absolute Gasteiger partial charge is 0.193 e. The number of guanidine groups is 1. The second-order valence-corrected chi connectivity index (χ2v) is 3.81. The molecule has 3 N–H and O–H groups in total. The van der Waals surface area contributed by atoms with Crippen molar-refractivity contribution < 1.29 is 4.39 Å². The molecular formula is C12H19FIN3. The van der Waals surface area contributed by atoms with E-state index in [0.29, 0.717) is 18.9 Å². The molecule has 0 aliphatic carbocycles. The summed E-state index contributed by atoms with van der Waals surface area (Å²) in [7, 11) is 0. The molecule has 3 nitrogen and oxygen atoms in total. The Labute approximate surface area is 119 Å². The van der Waals surface area contributed by atoms with Gasteiger partial charge < -0.3 is 11.1 Å². The average Bonchev–Trinajstić information content (AvgIpc) is 2.16. The van der Waals surface area contributed by atoms with E-state index in [-0.39, 0.29) is 30.7 Å². The van der Waals surface area contributed by atoms with Gasteiger partial charge in [0, 0.05) is 12.2 Å². The van der Waals surface area contributed by atoms with Gasteiger partial charge in [-0.15, -0.1) is 24.0 Å². The molecule has 0 heterocycles. The standard InChI is InChI=1S/C12H18FN3.HI/c1-9-6-10(2)8-11(7-9)16-12(14)15-5-3-4-13;/h6-8H,3-5H2,1-2H3,(H3,14,15,16);1H. The van der Waals surface area contributed by atoms with Crippen LogP contribution in [0.3, 0.4) is 0 Å². The van der Waals surface area contributed by atoms with Crippen LogP contribution in [0.15, 0.2) is 23.2 Å². The molecule has 0 fully saturated rings. The fraction of sp³-hybridized carbons (Fsp3) is 0.417. The molecule has 0 spiro atoms. The van der Waals surface area contributed by atoms with Crippen molar-refractivity contribution in [3.05, 3.63) is 29.3 Å². The average molecular weight is 351 g/mol. The zero-order valence-electron chi connectivity index (χ0n) is 10.2. The maximum Gasteiger partial charge on any atom is 0.193 e. The van der Waals surface area contributed by atoms with Gasteiger partial charge >= 0.3 is 0 Å². The minimum Gasteiger partial charge on any atom is -0.370 e. The molecule has 0 bridgehead atoms. The number of nitrogens with one attached hydrogen (secondary N) is 1. The van der Waals surface area contributed by atoms with Crippen LogP contribution in [0, 0.1) is 13.8 Å². The van der Waals surface area contributed by atoms with Gasteiger partial charge in [-0.1, -0.05) is 6.07 Å². The highest BCUT2D eigenvalue weighted by Crippen LogP contribution is 2.13. The maximum absolute atomic E-state index is 11.8. The van der Waals surface area contributed by atoms with E-state index >= 15 is 0 Å². The Kier molecular flexibility index (Phi) is 7.86. The number of hydrogen-bond donors (Lipinski definition) is 2. The largest absolute Gasteiger partial charge is 0.370 e. The van der Waals surface area contributed by atoms with E-state index in [1.807, 2.05) is 26.0 Å². The number of hydrogen-bond acceptors (Lipinski definition) is 1. The van der Waals surface area contributed by atoms with E-state index in [9.17, 15) is 4.39 Å². The van der Waals surface area contributed by atoms with Gasteiger partial charge in [0.15, 0.2) is 5.96 Å². The number of rotatable bonds is 4. The fourth-order valence-electron chi connectivity index (χ4n) is 1.49. The Morgan fingerprint density at radius 1 is 1.29 bits per heavy atom. The van der Waals surface area contributed by atoms with Crippen LogP contribution in [-0.4, -0.2) is 19.2 Å². The topological polar surface area (TPSA) is 50.4 Å². The van der Waals surface area contributed by atoms with Crippen molar-refractivity contribution in [2.75, 3.05) is 18.5 Å². The summed E-state index contributed by atoms with van der Waals surface area (Å²) in [6.07, 6.45) is 0.412. The van der Waals surface area contributed by atoms with E-state index in [2.05, 4.69) is 16.4 Å². The van der Waals surface area contributed by atoms with Crippen molar-refractivity contribution in [2.45, 2.75) is 20.3 Å². The molecule has 17 heavy (non-hydrogen) atoms. The first-order valence-electron chi connectivity index (χ1n) is 5.33. The molecule has 5 heteroatoms. The molecule has 1 aromatic carbocycles. The third kappa shape index (κ3) is 6.45. The third-order valence-corrected chi connectivity index (χ3v) is 2.07. The SMILES string of the molecule is Cc1cc(C)cc(NC(N)=NCCCF)c1.I. The van der Waals surface area contributed by atoms with E-state index in [4.69, 9.17) is 5.73 Å². The maximum atomic E-state index is 11.8. The summed E-state index contributed by atoms with van der Waals surface area (Å²) >= 11 is 0. The van der Waals surface area contributed by atoms with E-state index in [1.54, 1.807) is 0 Å². The van der Waals surface area contributed by atoms with Crippen LogP contribution < -0.4 is 11.1 Å². The Balaban J connectivity index is 0.00000256. The summed E-state index contributed by atoms with van der Waals surface area (Å²) in [5.41, 5.74) is 8.91. The van der Waals surface area contributed by atoms with Gasteiger partial charge in [0.05, 0.1) is 6.67 Å². The van der Waals surface area contributed by atoms with Gasteiger partial charge in [-0.2, -0.15) is 0 Å². The van der Waals surface area contributed by atoms with Gasteiger partial charge in [-0.05, 0) is 43.5 Å². The van der Waals surface area contributed by atoms with Gasteiger partial charge in [-0.25, -0.2) is 0 Å². The van der Waals surface area contributed by atoms with Crippen LogP contribution in [0.1, 0.15) is 17.5 Å². The highest BCUT2D eigenvalue weighted by atomic mass is 127. The van der Waals surface area contributed by atoms with Crippen LogP contribution >= 0.6 is 24.0 Å². The molecule has 0 atom stereocenters. The molecule has 0 saturated carbocycles. The molecule has 1 rings (SSSR count). The number of aryl methyl sites for hydroxylation is 2. The number of aliphatic imine (C=N–C) groups is 1. The molecule has 1 aromatic rings. The van der Waals surface area contributed by atoms with Crippen molar-refractivity contribution in [1.82, 2.24) is 0 Å². The van der Waals surface area contributed by atoms with E-state index in [0.717, 1.165) is 5.69 Å². The van der Waals surface area contributed by atoms with Crippen molar-refractivity contribution in [3.63, 3.8) is 0 Å². The second kappa shape index (κ2) is 8.27. The van der Waals surface area contributed by atoms with E-state index < -0.39 is 0 Å². The van der Waals surface area contributed by atoms with Crippen molar-refractivity contribution in [3.8, 4) is 0 Å². The molecular weight excluding hydrogens is 332 g/mol. The number of anilines is 1. The van der Waals surface area contributed by atoms with Crippen molar-refractivity contribution >= 4 is 35.6 Å². The molecule has 0 unspecified atom stereocenters. The van der Waals surface area contributed by atoms with Gasteiger partial charge in [0.25, 0.3) is 0 Å². The molecule has 96 valence electrons. The lowest BCUT2D eigenvalue weighted by atomic mass is 10.1. The molecule has 0 aliphatic rings. The zero-order chi connectivity index (χ0) is 12.0. The number of benzene rings is 1. The predicted molar refractivity (Wildman–Crippen MR) is 82.0 cm³/mol. The molecule has 0 amide bonds. The highest BCUT2D eigenvalue weighted by molar-refractivity contribution is 14.0. The number of halogens is 2. The lowest BCUT2D eigenvalue weighted by Gasteiger charge is -2.07. The van der Waals surface area contributed by atoms with Crippen LogP contribution in [-0.2, 0) is 0 Å². The first-order chi connectivity index (χ1) is 7.61. The summed E-state index contributed by atoms with van der Waals surface area (Å²) in [5.74, 6) is 0.332. The van der Waals surface area contributed by atoms with Crippen molar-refractivity contribution in [2.24, 2.45) is 10.7 Å². The molecule has 0 saturated heterocycles. The quantitative estimate of drug-likeness (QED) is 0.379. The van der Waals surface area contributed by atoms with Gasteiger partial charge in [0.1, 0.15) is 0 Å². The Hall–Kier alpha value is -0.850. The van der Waals surface area contributed by atoms with E-state index in [1.165, 1.54) is 11.1 Å². The number of nitrogens with two attached hydrogens (primary N) is 1. The predicted octanol–water partition coefficient (Wildman–Crippen LogP) is 3.01. The monoisotopic (exact) mass is 351 g/mol. The molecule has 0 radical (unpaired) electrons. The highest BCUT2D eigenvalue weighted by Gasteiger charge is 1.97. The normalized spacial score (nSPS) is 10.9. The Bertz CT molecular complexity index is 360. The second-order valence-electron chi connectivity index (χ2n) is 3.81. The molecule has 0 aromatic heterocycles. The third-order valence-electron chi connectivity index (χ3n) is 2.07. The summed E-state index contributed by atoms with van der Waals surface area (Å²) in [5, 5.41) is 2.99. The van der Waals surface area contributed by atoms with Crippen LogP contribution in [0.5, 0.6) is 0 Å². The number of nitrogens with zero attached hydrogens (tertiary/aromatic N) is 1. The fourth-order valence-corrected chi connectivity index (χ4v) is 1.49. The van der Waals surface area contributed by atoms with Gasteiger partial charge in [0.2, 0.25) is 0 Å². The summed E-state index contributed by atoms with van der Waals surface area (Å²) < 4.78 is 11.8. The minimum atomic E-state index is -0.361. The van der Waals surface area contributed by atoms with Crippen molar-refractivity contribution in [1.29, 1.82) is 0 Å². The van der Waals surface area contributed by atoms with Crippen LogP contribution in [0.25, 0.3) is 0 Å². The Morgan fingerprint density at radius 3 is 2.41 bits per heavy atom. The van der Waals surface area contributed by atoms with Crippen LogP contribution in [0.2, 0.25) is 0 Å². The lowest BCUT2D eigenvalue weighted by Crippen LogP contribution is -2.23. The molecule has 0 aliphatic heterocycles. The summed E-state index contributed by atoms with van der Waals surface area (Å²) in [4.78, 5) is 4.01. The summed E-state index contributed by atoms with van der Waals surface area (Å²) in [6.45, 7) is 4.10. The zero-order valence-corrected chi connectivity index (χ0v) is 12.5. The van der Waals surface area contributed by atoms with Gasteiger partial charge in [-0.3, -0.25) is 9.38 Å². The first kappa shape index (κ1) is 16.1. The van der Waals surface area contributed by atoms with Crippen LogP contribution in [0.4, 0.5) is 10.1 Å². The number of alkyl halides is 1. The minimum absolute atomic E-state index is 0.